The quantitative estimate of drug-likeness (QED) is 0.508. The van der Waals surface area contributed by atoms with Gasteiger partial charge in [0.05, 0.1) is 15.8 Å². The van der Waals surface area contributed by atoms with Crippen LogP contribution in [0.3, 0.4) is 0 Å². The van der Waals surface area contributed by atoms with E-state index in [0.29, 0.717) is 17.2 Å². The maximum absolute atomic E-state index is 13.1. The number of hydrogen-bond donors (Lipinski definition) is 0. The van der Waals surface area contributed by atoms with Gasteiger partial charge in [-0.15, -0.1) is 17.9 Å². The van der Waals surface area contributed by atoms with E-state index >= 15 is 0 Å². The first kappa shape index (κ1) is 21.0. The van der Waals surface area contributed by atoms with Crippen LogP contribution in [0.15, 0.2) is 77.5 Å². The molecule has 0 aliphatic rings. The molecule has 0 radical (unpaired) electrons. The van der Waals surface area contributed by atoms with Gasteiger partial charge in [0.25, 0.3) is 5.91 Å². The van der Waals surface area contributed by atoms with Crippen LogP contribution in [0.1, 0.15) is 24.2 Å². The normalized spacial score (nSPS) is 11.4. The van der Waals surface area contributed by atoms with E-state index in [4.69, 9.17) is 0 Å². The first-order valence-electron chi connectivity index (χ1n) is 9.12. The van der Waals surface area contributed by atoms with Crippen LogP contribution in [0.5, 0.6) is 0 Å². The molecule has 5 nitrogen and oxygen atoms in total. The second kappa shape index (κ2) is 8.71. The van der Waals surface area contributed by atoms with Gasteiger partial charge in [0.15, 0.2) is 15.0 Å². The number of benzene rings is 2. The molecule has 0 bridgehead atoms. The first-order valence-corrected chi connectivity index (χ1v) is 11.5. The van der Waals surface area contributed by atoms with Gasteiger partial charge < -0.3 is 0 Å². The summed E-state index contributed by atoms with van der Waals surface area (Å²) in [5.74, 6) is -0.257. The van der Waals surface area contributed by atoms with E-state index in [2.05, 4.69) is 11.6 Å². The van der Waals surface area contributed by atoms with Gasteiger partial charge in [0.2, 0.25) is 0 Å². The Bertz CT molecular complexity index is 1100. The van der Waals surface area contributed by atoms with Crippen molar-refractivity contribution in [1.82, 2.24) is 4.98 Å². The number of sulfone groups is 1. The van der Waals surface area contributed by atoms with Gasteiger partial charge in [-0.05, 0) is 38.1 Å². The van der Waals surface area contributed by atoms with E-state index in [1.807, 2.05) is 35.7 Å². The molecule has 150 valence electrons. The Labute approximate surface area is 175 Å². The predicted molar refractivity (Wildman–Crippen MR) is 118 cm³/mol. The number of rotatable bonds is 7. The molecule has 1 amide bonds. The smallest absolute Gasteiger partial charge is 0.260 e. The molecule has 0 saturated carbocycles. The number of aromatic nitrogens is 1. The maximum atomic E-state index is 13.1. The third-order valence-corrected chi connectivity index (χ3v) is 7.43. The zero-order chi connectivity index (χ0) is 21.0. The average molecular weight is 427 g/mol. The summed E-state index contributed by atoms with van der Waals surface area (Å²) >= 11 is 1.38. The Morgan fingerprint density at radius 2 is 1.79 bits per heavy atom. The van der Waals surface area contributed by atoms with Crippen molar-refractivity contribution in [2.75, 3.05) is 11.4 Å². The fraction of sp³-hybridized carbons (Fsp3) is 0.182. The molecule has 0 unspecified atom stereocenters. The molecule has 0 spiro atoms. The number of anilines is 1. The molecular weight excluding hydrogens is 404 g/mol. The standard InChI is InChI=1S/C22H22N2O3S2/c1-4-14-24(22-23-20(15-28-22)17-8-6-5-7-9-17)21(25)18-10-12-19(13-11-18)29(26,27)16(2)3/h4-13,15-16H,1,14H2,2-3H3. The number of thiazole rings is 1. The lowest BCUT2D eigenvalue weighted by molar-refractivity contribution is 0.0989. The summed E-state index contributed by atoms with van der Waals surface area (Å²) in [6.07, 6.45) is 1.64. The van der Waals surface area contributed by atoms with Gasteiger partial charge in [-0.3, -0.25) is 9.69 Å². The van der Waals surface area contributed by atoms with Crippen LogP contribution < -0.4 is 4.90 Å². The van der Waals surface area contributed by atoms with E-state index in [0.717, 1.165) is 11.3 Å². The van der Waals surface area contributed by atoms with Crippen molar-refractivity contribution in [2.45, 2.75) is 24.0 Å². The first-order chi connectivity index (χ1) is 13.8. The summed E-state index contributed by atoms with van der Waals surface area (Å²) in [5.41, 5.74) is 2.17. The summed E-state index contributed by atoms with van der Waals surface area (Å²) in [7, 11) is -3.38. The van der Waals surface area contributed by atoms with Gasteiger partial charge in [0, 0.05) is 23.1 Å². The predicted octanol–water partition coefficient (Wildman–Crippen LogP) is 4.83. The summed E-state index contributed by atoms with van der Waals surface area (Å²) in [6.45, 7) is 7.30. The lowest BCUT2D eigenvalue weighted by Crippen LogP contribution is -2.31. The second-order valence-electron chi connectivity index (χ2n) is 6.70. The largest absolute Gasteiger partial charge is 0.280 e. The number of carbonyl (C=O) groups excluding carboxylic acids is 1. The van der Waals surface area contributed by atoms with Crippen LogP contribution in [0, 0.1) is 0 Å². The van der Waals surface area contributed by atoms with E-state index < -0.39 is 15.1 Å². The highest BCUT2D eigenvalue weighted by molar-refractivity contribution is 7.92. The Kier molecular flexibility index (Phi) is 6.30. The highest BCUT2D eigenvalue weighted by Gasteiger charge is 2.22. The van der Waals surface area contributed by atoms with Gasteiger partial charge in [-0.1, -0.05) is 36.4 Å². The van der Waals surface area contributed by atoms with Crippen LogP contribution in [0.2, 0.25) is 0 Å². The highest BCUT2D eigenvalue weighted by Crippen LogP contribution is 2.28. The van der Waals surface area contributed by atoms with Crippen molar-refractivity contribution in [3.05, 3.63) is 78.2 Å². The van der Waals surface area contributed by atoms with Crippen LogP contribution in [0.4, 0.5) is 5.13 Å². The monoisotopic (exact) mass is 426 g/mol. The van der Waals surface area contributed by atoms with Crippen molar-refractivity contribution >= 4 is 32.2 Å². The summed E-state index contributed by atoms with van der Waals surface area (Å²) in [6, 6.07) is 15.8. The molecule has 0 N–H and O–H groups in total. The van der Waals surface area contributed by atoms with Crippen molar-refractivity contribution in [3.63, 3.8) is 0 Å². The molecule has 3 rings (SSSR count). The second-order valence-corrected chi connectivity index (χ2v) is 10.0. The molecule has 2 aromatic carbocycles. The van der Waals surface area contributed by atoms with E-state index in [1.165, 1.54) is 28.4 Å². The molecular formula is C22H22N2O3S2. The Morgan fingerprint density at radius 3 is 2.38 bits per heavy atom. The molecule has 0 aliphatic carbocycles. The Hall–Kier alpha value is -2.77. The average Bonchev–Trinajstić information content (AvgIpc) is 3.22. The molecule has 29 heavy (non-hydrogen) atoms. The summed E-state index contributed by atoms with van der Waals surface area (Å²) < 4.78 is 24.6. The number of amides is 1. The van der Waals surface area contributed by atoms with Crippen LogP contribution in [-0.4, -0.2) is 31.1 Å². The van der Waals surface area contributed by atoms with Crippen molar-refractivity contribution < 1.29 is 13.2 Å². The molecule has 1 heterocycles. The van der Waals surface area contributed by atoms with Crippen LogP contribution >= 0.6 is 11.3 Å². The molecule has 0 fully saturated rings. The minimum absolute atomic E-state index is 0.208. The summed E-state index contributed by atoms with van der Waals surface area (Å²) in [4.78, 5) is 19.4. The lowest BCUT2D eigenvalue weighted by atomic mass is 10.2. The zero-order valence-electron chi connectivity index (χ0n) is 16.3. The lowest BCUT2D eigenvalue weighted by Gasteiger charge is -2.18. The van der Waals surface area contributed by atoms with Gasteiger partial charge in [-0.2, -0.15) is 0 Å². The van der Waals surface area contributed by atoms with Gasteiger partial charge in [-0.25, -0.2) is 13.4 Å². The SMILES string of the molecule is C=CCN(C(=O)c1ccc(S(=O)(=O)C(C)C)cc1)c1nc(-c2ccccc2)cs1. The fourth-order valence-corrected chi connectivity index (χ4v) is 4.62. The van der Waals surface area contributed by atoms with Crippen molar-refractivity contribution in [1.29, 1.82) is 0 Å². The molecule has 7 heteroatoms. The number of carbonyl (C=O) groups is 1. The molecule has 1 aromatic heterocycles. The van der Waals surface area contributed by atoms with E-state index in [-0.39, 0.29) is 10.8 Å². The van der Waals surface area contributed by atoms with Gasteiger partial charge in [0.1, 0.15) is 0 Å². The molecule has 0 atom stereocenters. The molecule has 0 aliphatic heterocycles. The topological polar surface area (TPSA) is 67.3 Å². The minimum Gasteiger partial charge on any atom is -0.280 e. The number of nitrogens with zero attached hydrogens (tertiary/aromatic N) is 2. The third kappa shape index (κ3) is 4.46. The molecule has 0 saturated heterocycles. The van der Waals surface area contributed by atoms with E-state index in [1.54, 1.807) is 32.1 Å². The Balaban J connectivity index is 1.89. The summed E-state index contributed by atoms with van der Waals surface area (Å²) in [5, 5.41) is 1.95. The minimum atomic E-state index is -3.38. The molecule has 3 aromatic rings. The van der Waals surface area contributed by atoms with Crippen LogP contribution in [-0.2, 0) is 9.84 Å². The van der Waals surface area contributed by atoms with E-state index in [9.17, 15) is 13.2 Å². The van der Waals surface area contributed by atoms with Crippen molar-refractivity contribution in [2.24, 2.45) is 0 Å². The third-order valence-electron chi connectivity index (χ3n) is 4.40. The Morgan fingerprint density at radius 1 is 1.14 bits per heavy atom. The van der Waals surface area contributed by atoms with Crippen molar-refractivity contribution in [3.8, 4) is 11.3 Å². The van der Waals surface area contributed by atoms with Gasteiger partial charge >= 0.3 is 0 Å². The highest BCUT2D eigenvalue weighted by atomic mass is 32.2. The fourth-order valence-electron chi connectivity index (χ4n) is 2.72. The maximum Gasteiger partial charge on any atom is 0.260 e. The number of hydrogen-bond acceptors (Lipinski definition) is 5. The zero-order valence-corrected chi connectivity index (χ0v) is 17.9. The van der Waals surface area contributed by atoms with Crippen LogP contribution in [0.25, 0.3) is 11.3 Å².